The Morgan fingerprint density at radius 1 is 1.40 bits per heavy atom. The molecule has 3 nitrogen and oxygen atoms in total. The summed E-state index contributed by atoms with van der Waals surface area (Å²) in [6.45, 7) is 4.30. The van der Waals surface area contributed by atoms with Crippen molar-refractivity contribution in [1.82, 2.24) is 4.90 Å². The Kier molecular flexibility index (Phi) is 2.71. The second-order valence-corrected chi connectivity index (χ2v) is 6.86. The zero-order valence-corrected chi connectivity index (χ0v) is 12.4. The molecule has 5 rings (SSSR count). The van der Waals surface area contributed by atoms with Crippen LogP contribution < -0.4 is 0 Å². The molecular weight excluding hydrogens is 266 g/mol. The SMILES string of the molecule is CC1=NC2=C([C@H](c3cccs3)C1C#N)N1CCC2CC1. The lowest BCUT2D eigenvalue weighted by molar-refractivity contribution is 0.187. The van der Waals surface area contributed by atoms with Crippen molar-refractivity contribution in [3.8, 4) is 6.07 Å². The van der Waals surface area contributed by atoms with E-state index in [0.717, 1.165) is 18.8 Å². The lowest BCUT2D eigenvalue weighted by Crippen LogP contribution is -2.45. The predicted octanol–water partition coefficient (Wildman–Crippen LogP) is 3.38. The number of aliphatic imine (C=N–C) groups is 1. The van der Waals surface area contributed by atoms with Crippen LogP contribution in [0.25, 0.3) is 0 Å². The van der Waals surface area contributed by atoms with Gasteiger partial charge in [-0.15, -0.1) is 11.3 Å². The first-order valence-corrected chi connectivity index (χ1v) is 8.14. The zero-order chi connectivity index (χ0) is 13.7. The van der Waals surface area contributed by atoms with Gasteiger partial charge in [0.25, 0.3) is 0 Å². The second-order valence-electron chi connectivity index (χ2n) is 5.88. The van der Waals surface area contributed by atoms with E-state index < -0.39 is 0 Å². The summed E-state index contributed by atoms with van der Waals surface area (Å²) in [5.41, 5.74) is 3.63. The van der Waals surface area contributed by atoms with Gasteiger partial charge in [-0.05, 0) is 31.2 Å². The van der Waals surface area contributed by atoms with E-state index in [1.807, 2.05) is 6.92 Å². The summed E-state index contributed by atoms with van der Waals surface area (Å²) < 4.78 is 0. The van der Waals surface area contributed by atoms with E-state index in [1.165, 1.54) is 29.1 Å². The second kappa shape index (κ2) is 4.46. The molecule has 1 aromatic rings. The van der Waals surface area contributed by atoms with E-state index >= 15 is 0 Å². The van der Waals surface area contributed by atoms with Crippen molar-refractivity contribution < 1.29 is 0 Å². The highest BCUT2D eigenvalue weighted by Crippen LogP contribution is 2.49. The van der Waals surface area contributed by atoms with Gasteiger partial charge in [-0.25, -0.2) is 0 Å². The van der Waals surface area contributed by atoms with Gasteiger partial charge in [0.15, 0.2) is 0 Å². The van der Waals surface area contributed by atoms with Gasteiger partial charge in [0.1, 0.15) is 0 Å². The first-order valence-electron chi connectivity index (χ1n) is 7.27. The Bertz CT molecular complexity index is 627. The van der Waals surface area contributed by atoms with Gasteiger partial charge in [-0.2, -0.15) is 5.26 Å². The van der Waals surface area contributed by atoms with Crippen LogP contribution in [0.3, 0.4) is 0 Å². The van der Waals surface area contributed by atoms with Crippen LogP contribution in [-0.4, -0.2) is 23.7 Å². The molecule has 4 aliphatic rings. The van der Waals surface area contributed by atoms with E-state index in [-0.39, 0.29) is 11.8 Å². The maximum atomic E-state index is 9.62. The maximum Gasteiger partial charge on any atom is 0.0974 e. The maximum absolute atomic E-state index is 9.62. The zero-order valence-electron chi connectivity index (χ0n) is 11.5. The monoisotopic (exact) mass is 283 g/mol. The molecular formula is C16H17N3S. The molecule has 2 atom stereocenters. The van der Waals surface area contributed by atoms with E-state index in [2.05, 4.69) is 28.5 Å². The molecule has 1 saturated heterocycles. The molecule has 0 spiro atoms. The average Bonchev–Trinajstić information content (AvgIpc) is 3.00. The van der Waals surface area contributed by atoms with E-state index in [9.17, 15) is 5.26 Å². The Morgan fingerprint density at radius 2 is 2.20 bits per heavy atom. The molecule has 0 aliphatic carbocycles. The van der Waals surface area contributed by atoms with Gasteiger partial charge in [-0.1, -0.05) is 6.07 Å². The first kappa shape index (κ1) is 12.2. The number of rotatable bonds is 1. The van der Waals surface area contributed by atoms with E-state index in [0.29, 0.717) is 5.92 Å². The predicted molar refractivity (Wildman–Crippen MR) is 80.6 cm³/mol. The average molecular weight is 283 g/mol. The number of allylic oxidation sites excluding steroid dienone is 2. The van der Waals surface area contributed by atoms with Gasteiger partial charge in [0.2, 0.25) is 0 Å². The summed E-state index contributed by atoms with van der Waals surface area (Å²) in [5, 5.41) is 11.7. The number of nitrogens with zero attached hydrogens (tertiary/aromatic N) is 3. The van der Waals surface area contributed by atoms with Crippen LogP contribution in [-0.2, 0) is 0 Å². The highest BCUT2D eigenvalue weighted by molar-refractivity contribution is 7.10. The molecule has 4 heteroatoms. The van der Waals surface area contributed by atoms with Crippen LogP contribution >= 0.6 is 11.3 Å². The number of fused-ring (bicyclic) bond motifs is 2. The summed E-state index contributed by atoms with van der Waals surface area (Å²) in [5.74, 6) is 0.717. The first-order chi connectivity index (χ1) is 9.79. The van der Waals surface area contributed by atoms with Crippen molar-refractivity contribution >= 4 is 17.0 Å². The molecule has 1 unspecified atom stereocenters. The quantitative estimate of drug-likeness (QED) is 0.792. The molecule has 4 aliphatic heterocycles. The Labute approximate surface area is 123 Å². The smallest absolute Gasteiger partial charge is 0.0974 e. The largest absolute Gasteiger partial charge is 0.373 e. The minimum absolute atomic E-state index is 0.105. The molecule has 1 fully saturated rings. The van der Waals surface area contributed by atoms with Crippen LogP contribution in [0.2, 0.25) is 0 Å². The number of hydrogen-bond acceptors (Lipinski definition) is 4. The Balaban J connectivity index is 1.90. The van der Waals surface area contributed by atoms with Crippen molar-refractivity contribution in [1.29, 1.82) is 5.26 Å². The molecule has 0 radical (unpaired) electrons. The van der Waals surface area contributed by atoms with Crippen molar-refractivity contribution in [2.45, 2.75) is 25.7 Å². The summed E-state index contributed by atoms with van der Waals surface area (Å²) >= 11 is 1.77. The molecule has 20 heavy (non-hydrogen) atoms. The summed E-state index contributed by atoms with van der Waals surface area (Å²) in [6.07, 6.45) is 2.45. The van der Waals surface area contributed by atoms with Crippen molar-refractivity contribution in [3.63, 3.8) is 0 Å². The minimum atomic E-state index is -0.105. The van der Waals surface area contributed by atoms with Crippen LogP contribution in [0.4, 0.5) is 0 Å². The minimum Gasteiger partial charge on any atom is -0.373 e. The van der Waals surface area contributed by atoms with Gasteiger partial charge in [0.05, 0.1) is 23.6 Å². The van der Waals surface area contributed by atoms with Gasteiger partial charge >= 0.3 is 0 Å². The van der Waals surface area contributed by atoms with Crippen molar-refractivity contribution in [3.05, 3.63) is 33.8 Å². The third kappa shape index (κ3) is 1.59. The third-order valence-electron chi connectivity index (χ3n) is 4.85. The fourth-order valence-corrected chi connectivity index (χ4v) is 4.73. The lowest BCUT2D eigenvalue weighted by Gasteiger charge is -2.47. The van der Waals surface area contributed by atoms with Gasteiger partial charge < -0.3 is 4.90 Å². The fraction of sp³-hybridized carbons (Fsp3) is 0.500. The number of piperidine rings is 1. The topological polar surface area (TPSA) is 39.4 Å². The number of hydrogen-bond donors (Lipinski definition) is 0. The van der Waals surface area contributed by atoms with Crippen LogP contribution in [0.5, 0.6) is 0 Å². The summed E-state index contributed by atoms with van der Waals surface area (Å²) in [6, 6.07) is 6.76. The molecule has 0 N–H and O–H groups in total. The van der Waals surface area contributed by atoms with Crippen molar-refractivity contribution in [2.75, 3.05) is 13.1 Å². The Hall–Kier alpha value is -1.60. The molecule has 0 aromatic carbocycles. The molecule has 0 amide bonds. The summed E-state index contributed by atoms with van der Waals surface area (Å²) in [4.78, 5) is 8.63. The van der Waals surface area contributed by atoms with Crippen molar-refractivity contribution in [2.24, 2.45) is 16.8 Å². The number of nitriles is 1. The Morgan fingerprint density at radius 3 is 2.85 bits per heavy atom. The standard InChI is InChI=1S/C16H17N3S/c1-10-12(9-17)14(13-3-2-8-20-13)16-15(18-10)11-4-6-19(16)7-5-11/h2-3,8,11-12,14H,4-7H2,1H3/t12?,14-/m0/s1. The number of thiophene rings is 1. The van der Waals surface area contributed by atoms with E-state index in [4.69, 9.17) is 4.99 Å². The molecule has 5 heterocycles. The molecule has 102 valence electrons. The highest BCUT2D eigenvalue weighted by Gasteiger charge is 2.43. The van der Waals surface area contributed by atoms with Gasteiger partial charge in [0, 0.05) is 35.3 Å². The fourth-order valence-electron chi connectivity index (χ4n) is 3.86. The molecule has 1 aromatic heterocycles. The van der Waals surface area contributed by atoms with Gasteiger partial charge in [-0.3, -0.25) is 4.99 Å². The summed E-state index contributed by atoms with van der Waals surface area (Å²) in [7, 11) is 0. The third-order valence-corrected chi connectivity index (χ3v) is 5.80. The molecule has 0 saturated carbocycles. The van der Waals surface area contributed by atoms with E-state index in [1.54, 1.807) is 11.3 Å². The van der Waals surface area contributed by atoms with Crippen LogP contribution in [0, 0.1) is 23.2 Å². The van der Waals surface area contributed by atoms with Crippen LogP contribution in [0.15, 0.2) is 33.9 Å². The highest BCUT2D eigenvalue weighted by atomic mass is 32.1. The molecule has 2 bridgehead atoms. The normalized spacial score (nSPS) is 29.2. The lowest BCUT2D eigenvalue weighted by atomic mass is 9.75. The van der Waals surface area contributed by atoms with Crippen LogP contribution in [0.1, 0.15) is 30.6 Å².